The van der Waals surface area contributed by atoms with Crippen molar-refractivity contribution in [3.8, 4) is 0 Å². The Labute approximate surface area is 516 Å². The van der Waals surface area contributed by atoms with Crippen LogP contribution in [0.1, 0.15) is 0 Å². The second kappa shape index (κ2) is 63.8. The Balaban J connectivity index is -0.0000000170. The third-order valence-electron chi connectivity index (χ3n) is 0. The van der Waals surface area contributed by atoms with E-state index >= 15 is 0 Å². The van der Waals surface area contributed by atoms with Crippen molar-refractivity contribution in [2.45, 2.75) is 0 Å². The van der Waals surface area contributed by atoms with Crippen molar-refractivity contribution < 1.29 is 427 Å². The van der Waals surface area contributed by atoms with Crippen LogP contribution in [0.3, 0.4) is 0 Å². The average Bonchev–Trinajstić information content (AvgIpc) is 2.41. The van der Waals surface area contributed by atoms with E-state index in [1.54, 1.807) is 0 Å². The monoisotopic (exact) mass is 2050 g/mol. The van der Waals surface area contributed by atoms with Gasteiger partial charge in [0, 0.05) is 62.4 Å². The van der Waals surface area contributed by atoms with Gasteiger partial charge in [-0.25, -0.2) is 0 Å². The standard InChI is InChI=1S/4Ce.5Mo.6H3N.6H2O4S.20O/c;;;;;;;;;;;;;;;6*1-5(2,3)4;;;;;;;;;;;;;;;;;;;;/h;;;;;;;;;6*1H3;6*(H2,1,2,3,4);;;;;;;;;;;;;;;;;;;;/q4*+4;;;;;;;;;;;;;;;;;;;;;;;;;;;;10*-1/p-6. The second-order valence-electron chi connectivity index (χ2n) is 4.49. The van der Waals surface area contributed by atoms with E-state index in [0.717, 1.165) is 0 Å². The van der Waals surface area contributed by atoms with Gasteiger partial charge < -0.3 is 91.5 Å². The fourth-order valence-corrected chi connectivity index (χ4v) is 0. The predicted octanol–water partition coefficient (Wildman–Crippen LogP) is -18.9. The summed E-state index contributed by atoms with van der Waals surface area (Å²) in [7, 11) is -31.0. The summed E-state index contributed by atoms with van der Waals surface area (Å²) in [5.74, 6) is 0. The summed E-state index contributed by atoms with van der Waals surface area (Å²) in [6.45, 7) is 0. The second-order valence-corrected chi connectivity index (χ2v) is 19.4. The Kier molecular flexibility index (Phi) is 136. The van der Waals surface area contributed by atoms with Crippen LogP contribution in [0, 0.1) is 167 Å². The molecule has 0 aliphatic heterocycles. The maximum absolute atomic E-state index is 8.63. The van der Waals surface area contributed by atoms with E-state index in [1.165, 1.54) is 0 Å². The molecule has 50 nitrogen and oxygen atoms in total. The van der Waals surface area contributed by atoms with Gasteiger partial charge in [0.2, 0.25) is 0 Å². The molecule has 0 aromatic heterocycles. The van der Waals surface area contributed by atoms with E-state index in [4.69, 9.17) is 177 Å². The molecule has 0 unspecified atom stereocenters. The molecule has 65 heteroatoms. The first-order valence-electron chi connectivity index (χ1n) is 7.33. The molecule has 0 saturated heterocycles. The normalized spacial score (nSPS) is 9.82. The summed E-state index contributed by atoms with van der Waals surface area (Å²) in [5, 5.41) is 0. The predicted molar refractivity (Wildman–Crippen MR) is 106 cm³/mol. The summed E-state index contributed by atoms with van der Waals surface area (Å²) >= 11 is -30.1. The third kappa shape index (κ3) is 10400. The molecule has 0 heterocycles. The Morgan fingerprint density at radius 2 is 0.185 bits per heavy atom. The van der Waals surface area contributed by atoms with Gasteiger partial charge in [0.05, 0.1) is 0 Å². The van der Waals surface area contributed by atoms with E-state index in [0.29, 0.717) is 0 Å². The fraction of sp³-hybridized carbons (Fsp3) is 0. The summed E-state index contributed by atoms with van der Waals surface area (Å²) in [6.07, 6.45) is 0. The average molecular weight is 2040 g/mol. The van der Waals surface area contributed by atoms with Gasteiger partial charge in [-0.2, -0.15) is 0 Å². The number of hydrogen-bond acceptors (Lipinski definition) is 44. The molecule has 24 N–H and O–H groups in total. The maximum atomic E-state index is 8.63. The zero-order valence-electron chi connectivity index (χ0n) is 30.5. The Hall–Kier alpha value is 5.53. The minimum absolute atomic E-state index is 0. The zero-order chi connectivity index (χ0) is 49.5. The van der Waals surface area contributed by atoms with Gasteiger partial charge in [-0.1, -0.05) is 0 Å². The Morgan fingerprint density at radius 1 is 0.185 bits per heavy atom. The van der Waals surface area contributed by atoms with Crippen LogP contribution in [-0.2, 0) is 180 Å². The van der Waals surface area contributed by atoms with Crippen molar-refractivity contribution in [2.75, 3.05) is 0 Å². The van der Waals surface area contributed by atoms with Crippen LogP contribution in [0.2, 0.25) is 0 Å². The van der Waals surface area contributed by atoms with Crippen molar-refractivity contribution in [1.82, 2.24) is 36.9 Å². The van der Waals surface area contributed by atoms with Crippen molar-refractivity contribution in [3.05, 3.63) is 0 Å². The van der Waals surface area contributed by atoms with Crippen LogP contribution in [-0.4, -0.2) is 105 Å². The SMILES string of the molecule is O=S(=O)([O-])[O-].O=S(=O)([O-])[O-].O=S(=O)([O-])[O-].O=S(=O)([O-])[O-].O=S(=O)([O-])[O-].O=S(=O)([O-])[O-].[Ce+4].[Ce+4].[Ce+4].[Ce+4].[NH4+].[NH4+].[NH4+].[NH4+].[NH4+].[NH4+].[O]=[Mo](=[O])([O-])[O-].[O]=[Mo](=[O])([O-])[O-].[O]=[Mo](=[O])([O-])[O-].[O]=[Mo](=[O])([O-])[O-].[O]=[Mo](=[O])([O-])[O-]. The van der Waals surface area contributed by atoms with Gasteiger partial charge in [-0.15, -0.1) is 0 Å². The molecule has 0 aromatic carbocycles. The Morgan fingerprint density at radius 3 is 0.185 bits per heavy atom. The summed E-state index contributed by atoms with van der Waals surface area (Å²) < 4.78 is 377. The van der Waals surface area contributed by atoms with Gasteiger partial charge in [-0.05, 0) is 0 Å². The van der Waals surface area contributed by atoms with Crippen molar-refractivity contribution in [2.24, 2.45) is 0 Å². The molecule has 0 radical (unpaired) electrons. The summed E-state index contributed by atoms with van der Waals surface area (Å²) in [6, 6.07) is 0. The van der Waals surface area contributed by atoms with Gasteiger partial charge in [0.15, 0.2) is 0 Å². The molecule has 0 aromatic rings. The van der Waals surface area contributed by atoms with Crippen LogP contribution in [0.4, 0.5) is 0 Å². The quantitative estimate of drug-likeness (QED) is 0.0745. The van der Waals surface area contributed by atoms with Crippen LogP contribution in [0.15, 0.2) is 0 Å². The first kappa shape index (κ1) is 139. The van der Waals surface area contributed by atoms with E-state index < -0.39 is 146 Å². The molecule has 0 amide bonds. The molecule has 0 aliphatic carbocycles. The van der Waals surface area contributed by atoms with Crippen molar-refractivity contribution >= 4 is 62.4 Å². The van der Waals surface area contributed by atoms with E-state index in [9.17, 15) is 0 Å². The van der Waals surface area contributed by atoms with Crippen LogP contribution in [0.5, 0.6) is 0 Å². The number of hydrogen-bond donors (Lipinski definition) is 6. The molecule has 0 rings (SSSR count). The molecular weight excluding hydrogens is 2020 g/mol. The van der Waals surface area contributed by atoms with Crippen LogP contribution in [0.25, 0.3) is 0 Å². The first-order valence-corrected chi connectivity index (χ1v) is 31.7. The summed E-state index contributed by atoms with van der Waals surface area (Å²) in [5.41, 5.74) is 0. The molecular formula is H24Ce4Mo5N6O44S6. The number of quaternary nitrogens is 6. The summed E-state index contributed by atoms with van der Waals surface area (Å²) in [4.78, 5) is 0. The molecule has 0 spiro atoms. The molecule has 0 fully saturated rings. The third-order valence-corrected chi connectivity index (χ3v) is 0. The Bertz CT molecular complexity index is 1590. The van der Waals surface area contributed by atoms with Crippen LogP contribution >= 0.6 is 0 Å². The molecule has 0 bridgehead atoms. The molecule has 0 saturated carbocycles. The molecule has 0 atom stereocenters. The van der Waals surface area contributed by atoms with Crippen molar-refractivity contribution in [3.63, 3.8) is 0 Å². The van der Waals surface area contributed by atoms with Gasteiger partial charge in [0.25, 0.3) is 0 Å². The van der Waals surface area contributed by atoms with Crippen molar-refractivity contribution in [1.29, 1.82) is 0 Å². The zero-order valence-corrected chi connectivity index (χ0v) is 57.9. The minimum atomic E-state index is -6.02. The van der Waals surface area contributed by atoms with Gasteiger partial charge in [0.1, 0.15) is 0 Å². The van der Waals surface area contributed by atoms with Gasteiger partial charge in [-0.3, -0.25) is 50.5 Å². The molecule has 0 aliphatic rings. The first-order chi connectivity index (χ1) is 22.0. The molecule has 65 heavy (non-hydrogen) atoms. The molecule has 400 valence electrons. The van der Waals surface area contributed by atoms with E-state index in [1.807, 2.05) is 0 Å². The fourth-order valence-electron chi connectivity index (χ4n) is 0. The van der Waals surface area contributed by atoms with Crippen LogP contribution < -0.4 is 74.5 Å². The van der Waals surface area contributed by atoms with E-state index in [2.05, 4.69) is 0 Å². The van der Waals surface area contributed by atoms with E-state index in [-0.39, 0.29) is 204 Å². The van der Waals surface area contributed by atoms with Gasteiger partial charge >= 0.3 is 322 Å². The number of rotatable bonds is 0. The topological polar surface area (TPSA) is 1100 Å².